The van der Waals surface area contributed by atoms with Crippen LogP contribution in [0.1, 0.15) is 0 Å². The Labute approximate surface area is 119 Å². The number of methoxy groups -OCH3 is 1. The molecule has 3 rings (SSSR count). The van der Waals surface area contributed by atoms with Crippen molar-refractivity contribution in [1.29, 1.82) is 0 Å². The molecule has 1 heterocycles. The largest absolute Gasteiger partial charge is 0.506 e. The molecule has 5 nitrogen and oxygen atoms in total. The van der Waals surface area contributed by atoms with E-state index in [1.165, 1.54) is 17.4 Å². The van der Waals surface area contributed by atoms with Crippen molar-refractivity contribution in [3.05, 3.63) is 42.5 Å². The summed E-state index contributed by atoms with van der Waals surface area (Å²) < 4.78 is 6.14. The third-order valence-corrected chi connectivity index (χ3v) is 3.63. The molecular weight excluding hydrogens is 274 g/mol. The highest BCUT2D eigenvalue weighted by Gasteiger charge is 2.04. The number of fused-ring (bicyclic) bond motifs is 1. The summed E-state index contributed by atoms with van der Waals surface area (Å²) in [5.74, 6) is 0.664. The monoisotopic (exact) mass is 285 g/mol. The van der Waals surface area contributed by atoms with Gasteiger partial charge in [0.1, 0.15) is 17.2 Å². The van der Waals surface area contributed by atoms with Crippen LogP contribution in [-0.4, -0.2) is 17.2 Å². The van der Waals surface area contributed by atoms with Gasteiger partial charge in [-0.1, -0.05) is 23.5 Å². The third kappa shape index (κ3) is 2.46. The lowest BCUT2D eigenvalue weighted by Gasteiger charge is -2.01. The molecule has 0 unspecified atom stereocenters. The predicted molar refractivity (Wildman–Crippen MR) is 78.5 cm³/mol. The number of thiazole rings is 1. The lowest BCUT2D eigenvalue weighted by molar-refractivity contribution is 0.412. The summed E-state index contributed by atoms with van der Waals surface area (Å²) in [6.45, 7) is 0. The number of para-hydroxylation sites is 1. The molecule has 0 fully saturated rings. The van der Waals surface area contributed by atoms with Gasteiger partial charge in [-0.3, -0.25) is 0 Å². The van der Waals surface area contributed by atoms with Gasteiger partial charge in [0.15, 0.2) is 0 Å². The van der Waals surface area contributed by atoms with Crippen LogP contribution in [0.3, 0.4) is 0 Å². The summed E-state index contributed by atoms with van der Waals surface area (Å²) in [6.07, 6.45) is 0. The molecule has 0 saturated heterocycles. The third-order valence-electron chi connectivity index (χ3n) is 2.71. The molecule has 100 valence electrons. The maximum atomic E-state index is 9.72. The van der Waals surface area contributed by atoms with Gasteiger partial charge < -0.3 is 9.84 Å². The molecule has 0 atom stereocenters. The zero-order valence-electron chi connectivity index (χ0n) is 10.6. The van der Waals surface area contributed by atoms with Gasteiger partial charge in [-0.2, -0.15) is 0 Å². The van der Waals surface area contributed by atoms with Crippen molar-refractivity contribution >= 4 is 32.4 Å². The van der Waals surface area contributed by atoms with Gasteiger partial charge in [0, 0.05) is 6.07 Å². The van der Waals surface area contributed by atoms with E-state index in [-0.39, 0.29) is 5.75 Å². The van der Waals surface area contributed by atoms with Gasteiger partial charge in [-0.15, -0.1) is 10.2 Å². The fraction of sp³-hybridized carbons (Fsp3) is 0.0714. The SMILES string of the molecule is COc1ccc(O)c(N=Nc2nc3ccccc3s2)c1. The highest BCUT2D eigenvalue weighted by molar-refractivity contribution is 7.21. The fourth-order valence-electron chi connectivity index (χ4n) is 1.71. The molecule has 0 amide bonds. The van der Waals surface area contributed by atoms with Crippen LogP contribution in [0.15, 0.2) is 52.7 Å². The summed E-state index contributed by atoms with van der Waals surface area (Å²) in [5, 5.41) is 18.4. The Morgan fingerprint density at radius 2 is 2.00 bits per heavy atom. The van der Waals surface area contributed by atoms with Crippen LogP contribution in [0, 0.1) is 0 Å². The molecule has 1 N–H and O–H groups in total. The second-order valence-corrected chi connectivity index (χ2v) is 5.03. The minimum Gasteiger partial charge on any atom is -0.506 e. The van der Waals surface area contributed by atoms with Crippen molar-refractivity contribution in [2.75, 3.05) is 7.11 Å². The van der Waals surface area contributed by atoms with Crippen LogP contribution in [0.5, 0.6) is 11.5 Å². The van der Waals surface area contributed by atoms with E-state index in [0.29, 0.717) is 16.6 Å². The van der Waals surface area contributed by atoms with Crippen LogP contribution in [0.25, 0.3) is 10.2 Å². The van der Waals surface area contributed by atoms with E-state index in [4.69, 9.17) is 4.74 Å². The second kappa shape index (κ2) is 5.26. The van der Waals surface area contributed by atoms with E-state index in [2.05, 4.69) is 15.2 Å². The van der Waals surface area contributed by atoms with Crippen molar-refractivity contribution < 1.29 is 9.84 Å². The van der Waals surface area contributed by atoms with Gasteiger partial charge >= 0.3 is 0 Å². The Bertz CT molecular complexity index is 750. The standard InChI is InChI=1S/C14H11N3O2S/c1-19-9-6-7-12(18)11(8-9)16-17-14-15-10-4-2-3-5-13(10)20-14/h2-8,18H,1H3. The Balaban J connectivity index is 1.93. The first-order chi connectivity index (χ1) is 9.76. The number of rotatable bonds is 3. The Morgan fingerprint density at radius 3 is 2.80 bits per heavy atom. The molecule has 0 aliphatic carbocycles. The van der Waals surface area contributed by atoms with E-state index in [0.717, 1.165) is 10.2 Å². The van der Waals surface area contributed by atoms with E-state index < -0.39 is 0 Å². The van der Waals surface area contributed by atoms with Gasteiger partial charge in [-0.25, -0.2) is 4.98 Å². The fourth-order valence-corrected chi connectivity index (χ4v) is 2.50. The summed E-state index contributed by atoms with van der Waals surface area (Å²) in [5.41, 5.74) is 1.24. The predicted octanol–water partition coefficient (Wildman–Crippen LogP) is 4.43. The number of phenolic OH excluding ortho intramolecular Hbond substituents is 1. The molecule has 1 aromatic heterocycles. The van der Waals surface area contributed by atoms with Gasteiger partial charge in [0.05, 0.1) is 17.3 Å². The average Bonchev–Trinajstić information content (AvgIpc) is 2.89. The molecule has 6 heteroatoms. The number of benzene rings is 2. The number of ether oxygens (including phenoxy) is 1. The first-order valence-electron chi connectivity index (χ1n) is 5.90. The van der Waals surface area contributed by atoms with Crippen LogP contribution in [0.4, 0.5) is 10.8 Å². The smallest absolute Gasteiger partial charge is 0.231 e. The number of aromatic hydroxyl groups is 1. The molecule has 20 heavy (non-hydrogen) atoms. The van der Waals surface area contributed by atoms with Crippen molar-refractivity contribution in [3.8, 4) is 11.5 Å². The summed E-state index contributed by atoms with van der Waals surface area (Å²) in [6, 6.07) is 12.6. The molecule has 0 radical (unpaired) electrons. The second-order valence-electron chi connectivity index (χ2n) is 4.02. The van der Waals surface area contributed by atoms with Crippen molar-refractivity contribution in [1.82, 2.24) is 4.98 Å². The molecule has 0 bridgehead atoms. The first-order valence-corrected chi connectivity index (χ1v) is 6.72. The molecule has 0 aliphatic rings. The molecule has 0 saturated carbocycles. The lowest BCUT2D eigenvalue weighted by Crippen LogP contribution is -1.80. The van der Waals surface area contributed by atoms with Gasteiger partial charge in [0.25, 0.3) is 0 Å². The maximum absolute atomic E-state index is 9.72. The minimum atomic E-state index is 0.0515. The van der Waals surface area contributed by atoms with E-state index in [1.807, 2.05) is 24.3 Å². The molecule has 3 aromatic rings. The Morgan fingerprint density at radius 1 is 1.15 bits per heavy atom. The van der Waals surface area contributed by atoms with Crippen molar-refractivity contribution in [3.63, 3.8) is 0 Å². The number of nitrogens with zero attached hydrogens (tertiary/aromatic N) is 3. The van der Waals surface area contributed by atoms with Crippen molar-refractivity contribution in [2.24, 2.45) is 10.2 Å². The van der Waals surface area contributed by atoms with Crippen LogP contribution < -0.4 is 4.74 Å². The quantitative estimate of drug-likeness (QED) is 0.724. The number of hydrogen-bond acceptors (Lipinski definition) is 6. The summed E-state index contributed by atoms with van der Waals surface area (Å²) in [7, 11) is 1.56. The highest BCUT2D eigenvalue weighted by Crippen LogP contribution is 2.33. The van der Waals surface area contributed by atoms with Gasteiger partial charge in [-0.05, 0) is 24.3 Å². The summed E-state index contributed by atoms with van der Waals surface area (Å²) in [4.78, 5) is 4.35. The zero-order valence-corrected chi connectivity index (χ0v) is 11.5. The summed E-state index contributed by atoms with van der Waals surface area (Å²) >= 11 is 1.45. The highest BCUT2D eigenvalue weighted by atomic mass is 32.1. The van der Waals surface area contributed by atoms with Gasteiger partial charge in [0.2, 0.25) is 5.13 Å². The molecule has 0 spiro atoms. The molecule has 2 aromatic carbocycles. The average molecular weight is 285 g/mol. The molecular formula is C14H11N3O2S. The number of aromatic nitrogens is 1. The van der Waals surface area contributed by atoms with E-state index >= 15 is 0 Å². The normalized spacial score (nSPS) is 11.2. The first kappa shape index (κ1) is 12.6. The van der Waals surface area contributed by atoms with E-state index in [1.54, 1.807) is 19.2 Å². The molecule has 0 aliphatic heterocycles. The van der Waals surface area contributed by atoms with Crippen LogP contribution in [0.2, 0.25) is 0 Å². The lowest BCUT2D eigenvalue weighted by atomic mass is 10.3. The van der Waals surface area contributed by atoms with E-state index in [9.17, 15) is 5.11 Å². The zero-order chi connectivity index (χ0) is 13.9. The number of phenols is 1. The minimum absolute atomic E-state index is 0.0515. The Kier molecular flexibility index (Phi) is 3.30. The maximum Gasteiger partial charge on any atom is 0.231 e. The van der Waals surface area contributed by atoms with Crippen LogP contribution in [-0.2, 0) is 0 Å². The number of hydrogen-bond donors (Lipinski definition) is 1. The topological polar surface area (TPSA) is 67.1 Å². The number of azo groups is 1. The van der Waals surface area contributed by atoms with Crippen LogP contribution >= 0.6 is 11.3 Å². The Hall–Kier alpha value is -2.47. The van der Waals surface area contributed by atoms with Crippen molar-refractivity contribution in [2.45, 2.75) is 0 Å².